The van der Waals surface area contributed by atoms with E-state index in [1.807, 2.05) is 5.38 Å². The number of aromatic nitrogens is 1. The molecule has 7 nitrogen and oxygen atoms in total. The first-order valence-corrected chi connectivity index (χ1v) is 8.21. The SMILES string of the molecule is COCc1csc(NC(=O)N2CCCCC2CCC(=O)O)n1. The van der Waals surface area contributed by atoms with E-state index in [1.165, 1.54) is 11.3 Å². The highest BCUT2D eigenvalue weighted by Gasteiger charge is 2.27. The van der Waals surface area contributed by atoms with Gasteiger partial charge in [0.15, 0.2) is 5.13 Å². The first-order chi connectivity index (χ1) is 10.6. The van der Waals surface area contributed by atoms with Gasteiger partial charge in [-0.2, -0.15) is 0 Å². The second-order valence-corrected chi connectivity index (χ2v) is 6.14. The first kappa shape index (κ1) is 16.7. The second kappa shape index (κ2) is 8.09. The number of carboxylic acids is 1. The molecule has 8 heteroatoms. The molecule has 2 rings (SSSR count). The maximum atomic E-state index is 12.4. The molecule has 0 bridgehead atoms. The Morgan fingerprint density at radius 1 is 1.55 bits per heavy atom. The van der Waals surface area contributed by atoms with Crippen LogP contribution in [0, 0.1) is 0 Å². The fourth-order valence-electron chi connectivity index (χ4n) is 2.60. The van der Waals surface area contributed by atoms with E-state index in [0.29, 0.717) is 24.7 Å². The number of amides is 2. The topological polar surface area (TPSA) is 91.8 Å². The van der Waals surface area contributed by atoms with Crippen LogP contribution in [0.5, 0.6) is 0 Å². The predicted molar refractivity (Wildman–Crippen MR) is 83.1 cm³/mol. The molecule has 1 aromatic heterocycles. The Labute approximate surface area is 133 Å². The number of carbonyl (C=O) groups is 2. The van der Waals surface area contributed by atoms with Crippen LogP contribution in [0.2, 0.25) is 0 Å². The number of hydrogen-bond donors (Lipinski definition) is 2. The molecule has 122 valence electrons. The van der Waals surface area contributed by atoms with Gasteiger partial charge >= 0.3 is 12.0 Å². The number of nitrogens with one attached hydrogen (secondary N) is 1. The molecule has 1 fully saturated rings. The van der Waals surface area contributed by atoms with Crippen molar-refractivity contribution in [3.63, 3.8) is 0 Å². The number of methoxy groups -OCH3 is 1. The van der Waals surface area contributed by atoms with Crippen molar-refractivity contribution in [3.05, 3.63) is 11.1 Å². The molecular formula is C14H21N3O4S. The molecule has 1 aromatic rings. The molecular weight excluding hydrogens is 306 g/mol. The molecule has 1 saturated heterocycles. The number of hydrogen-bond acceptors (Lipinski definition) is 5. The van der Waals surface area contributed by atoms with Crippen LogP contribution in [0.1, 0.15) is 37.8 Å². The highest BCUT2D eigenvalue weighted by atomic mass is 32.1. The van der Waals surface area contributed by atoms with E-state index in [1.54, 1.807) is 12.0 Å². The van der Waals surface area contributed by atoms with Crippen molar-refractivity contribution >= 4 is 28.5 Å². The molecule has 2 heterocycles. The number of nitrogens with zero attached hydrogens (tertiary/aromatic N) is 2. The Morgan fingerprint density at radius 2 is 2.36 bits per heavy atom. The van der Waals surface area contributed by atoms with Crippen LogP contribution in [0.15, 0.2) is 5.38 Å². The van der Waals surface area contributed by atoms with Crippen molar-refractivity contribution in [2.75, 3.05) is 19.0 Å². The van der Waals surface area contributed by atoms with Crippen molar-refractivity contribution in [2.45, 2.75) is 44.8 Å². The van der Waals surface area contributed by atoms with Crippen LogP contribution >= 0.6 is 11.3 Å². The van der Waals surface area contributed by atoms with Crippen molar-refractivity contribution in [1.29, 1.82) is 0 Å². The summed E-state index contributed by atoms with van der Waals surface area (Å²) in [6.07, 6.45) is 3.42. The fraction of sp³-hybridized carbons (Fsp3) is 0.643. The van der Waals surface area contributed by atoms with Gasteiger partial charge in [0.05, 0.1) is 12.3 Å². The van der Waals surface area contributed by atoms with Gasteiger partial charge in [0, 0.05) is 31.5 Å². The van der Waals surface area contributed by atoms with Crippen LogP contribution < -0.4 is 5.32 Å². The van der Waals surface area contributed by atoms with E-state index in [-0.39, 0.29) is 18.5 Å². The maximum absolute atomic E-state index is 12.4. The lowest BCUT2D eigenvalue weighted by Crippen LogP contribution is -2.46. The second-order valence-electron chi connectivity index (χ2n) is 5.28. The van der Waals surface area contributed by atoms with Gasteiger partial charge in [0.25, 0.3) is 0 Å². The fourth-order valence-corrected chi connectivity index (χ4v) is 3.28. The molecule has 22 heavy (non-hydrogen) atoms. The molecule has 1 aliphatic rings. The standard InChI is InChI=1S/C14H21N3O4S/c1-21-8-10-9-22-13(15-10)16-14(20)17-7-3-2-4-11(17)5-6-12(18)19/h9,11H,2-8H2,1H3,(H,18,19)(H,15,16,20). The Kier molecular flexibility index (Phi) is 6.14. The van der Waals surface area contributed by atoms with E-state index < -0.39 is 5.97 Å². The summed E-state index contributed by atoms with van der Waals surface area (Å²) in [5.41, 5.74) is 0.781. The van der Waals surface area contributed by atoms with Gasteiger partial charge < -0.3 is 14.7 Å². The Bertz CT molecular complexity index is 520. The molecule has 1 unspecified atom stereocenters. The summed E-state index contributed by atoms with van der Waals surface area (Å²) < 4.78 is 5.00. The minimum absolute atomic E-state index is 0.0109. The number of anilines is 1. The van der Waals surface area contributed by atoms with Crippen LogP contribution in [-0.4, -0.2) is 46.7 Å². The molecule has 0 spiro atoms. The van der Waals surface area contributed by atoms with Gasteiger partial charge in [-0.25, -0.2) is 9.78 Å². The summed E-state index contributed by atoms with van der Waals surface area (Å²) in [6.45, 7) is 1.07. The van der Waals surface area contributed by atoms with Crippen molar-refractivity contribution < 1.29 is 19.4 Å². The smallest absolute Gasteiger partial charge is 0.323 e. The first-order valence-electron chi connectivity index (χ1n) is 7.33. The molecule has 0 aromatic carbocycles. The summed E-state index contributed by atoms with van der Waals surface area (Å²) in [7, 11) is 1.60. The molecule has 0 aliphatic carbocycles. The summed E-state index contributed by atoms with van der Waals surface area (Å²) in [6, 6.07) is -0.211. The quantitative estimate of drug-likeness (QED) is 0.838. The average Bonchev–Trinajstić information content (AvgIpc) is 2.93. The monoisotopic (exact) mass is 327 g/mol. The number of piperidine rings is 1. The van der Waals surface area contributed by atoms with Gasteiger partial charge in [-0.1, -0.05) is 0 Å². The van der Waals surface area contributed by atoms with E-state index >= 15 is 0 Å². The molecule has 2 amide bonds. The van der Waals surface area contributed by atoms with Gasteiger partial charge in [-0.3, -0.25) is 10.1 Å². The zero-order valence-electron chi connectivity index (χ0n) is 12.6. The van der Waals surface area contributed by atoms with Crippen molar-refractivity contribution in [1.82, 2.24) is 9.88 Å². The third-order valence-corrected chi connectivity index (χ3v) is 4.44. The third-order valence-electron chi connectivity index (χ3n) is 3.64. The number of thiazole rings is 1. The number of aliphatic carboxylic acids is 1. The van der Waals surface area contributed by atoms with Gasteiger partial charge in [0.1, 0.15) is 0 Å². The lowest BCUT2D eigenvalue weighted by atomic mass is 9.98. The van der Waals surface area contributed by atoms with Gasteiger partial charge in [0.2, 0.25) is 0 Å². The molecule has 0 radical (unpaired) electrons. The number of ether oxygens (including phenoxy) is 1. The van der Waals surface area contributed by atoms with E-state index in [4.69, 9.17) is 9.84 Å². The van der Waals surface area contributed by atoms with Crippen molar-refractivity contribution in [3.8, 4) is 0 Å². The zero-order valence-corrected chi connectivity index (χ0v) is 13.4. The molecule has 0 saturated carbocycles. The van der Waals surface area contributed by atoms with E-state index in [0.717, 1.165) is 25.0 Å². The summed E-state index contributed by atoms with van der Waals surface area (Å²) in [4.78, 5) is 29.1. The normalized spacial score (nSPS) is 18.2. The highest BCUT2D eigenvalue weighted by molar-refractivity contribution is 7.13. The van der Waals surface area contributed by atoms with Gasteiger partial charge in [-0.05, 0) is 25.7 Å². The lowest BCUT2D eigenvalue weighted by Gasteiger charge is -2.35. The van der Waals surface area contributed by atoms with Crippen LogP contribution in [-0.2, 0) is 16.1 Å². The molecule has 1 atom stereocenters. The van der Waals surface area contributed by atoms with Crippen LogP contribution in [0.3, 0.4) is 0 Å². The van der Waals surface area contributed by atoms with Crippen molar-refractivity contribution in [2.24, 2.45) is 0 Å². The Morgan fingerprint density at radius 3 is 3.09 bits per heavy atom. The van der Waals surface area contributed by atoms with Gasteiger partial charge in [-0.15, -0.1) is 11.3 Å². The summed E-state index contributed by atoms with van der Waals surface area (Å²) in [5.74, 6) is -0.824. The Hall–Kier alpha value is -1.67. The number of rotatable bonds is 6. The molecule has 1 aliphatic heterocycles. The number of carboxylic acid groups (broad SMARTS) is 1. The number of carbonyl (C=O) groups excluding carboxylic acids is 1. The predicted octanol–water partition coefficient (Wildman–Crippen LogP) is 2.54. The Balaban J connectivity index is 1.94. The highest BCUT2D eigenvalue weighted by Crippen LogP contribution is 2.23. The minimum atomic E-state index is -0.824. The third kappa shape index (κ3) is 4.67. The summed E-state index contributed by atoms with van der Waals surface area (Å²) in [5, 5.41) is 14.0. The maximum Gasteiger partial charge on any atom is 0.323 e. The minimum Gasteiger partial charge on any atom is -0.481 e. The number of likely N-dealkylation sites (tertiary alicyclic amines) is 1. The zero-order chi connectivity index (χ0) is 15.9. The van der Waals surface area contributed by atoms with Crippen LogP contribution in [0.25, 0.3) is 0 Å². The number of urea groups is 1. The lowest BCUT2D eigenvalue weighted by molar-refractivity contribution is -0.137. The average molecular weight is 327 g/mol. The molecule has 2 N–H and O–H groups in total. The summed E-state index contributed by atoms with van der Waals surface area (Å²) >= 11 is 1.36. The van der Waals surface area contributed by atoms with E-state index in [9.17, 15) is 9.59 Å². The van der Waals surface area contributed by atoms with E-state index in [2.05, 4.69) is 10.3 Å². The largest absolute Gasteiger partial charge is 0.481 e. The van der Waals surface area contributed by atoms with Crippen LogP contribution in [0.4, 0.5) is 9.93 Å².